The standard InChI is InChI=1S/C16H21N3O2/c1-20-13-6-4-12(5-7-13)10-14-18-15(21-19-14)16(11-17)8-2-3-9-16/h4-7H,2-3,8-11,17H2,1H3. The van der Waals surface area contributed by atoms with Crippen LogP contribution in [0, 0.1) is 0 Å². The van der Waals surface area contributed by atoms with Gasteiger partial charge in [0.05, 0.1) is 12.5 Å². The lowest BCUT2D eigenvalue weighted by Gasteiger charge is -2.21. The Hall–Kier alpha value is -1.88. The molecule has 1 saturated carbocycles. The van der Waals surface area contributed by atoms with Gasteiger partial charge in [0.15, 0.2) is 5.82 Å². The topological polar surface area (TPSA) is 74.2 Å². The van der Waals surface area contributed by atoms with Crippen molar-refractivity contribution >= 4 is 0 Å². The van der Waals surface area contributed by atoms with E-state index in [1.165, 1.54) is 12.8 Å². The number of hydrogen-bond acceptors (Lipinski definition) is 5. The van der Waals surface area contributed by atoms with Crippen LogP contribution in [0.4, 0.5) is 0 Å². The summed E-state index contributed by atoms with van der Waals surface area (Å²) in [5.74, 6) is 2.28. The molecule has 0 amide bonds. The van der Waals surface area contributed by atoms with Crippen molar-refractivity contribution in [3.8, 4) is 5.75 Å². The molecule has 0 radical (unpaired) electrons. The molecular weight excluding hydrogens is 266 g/mol. The Bertz CT molecular complexity index is 586. The lowest BCUT2D eigenvalue weighted by molar-refractivity contribution is 0.283. The van der Waals surface area contributed by atoms with Gasteiger partial charge in [-0.2, -0.15) is 4.98 Å². The Morgan fingerprint density at radius 1 is 1.24 bits per heavy atom. The second-order valence-corrected chi connectivity index (χ2v) is 5.73. The van der Waals surface area contributed by atoms with E-state index in [9.17, 15) is 0 Å². The molecule has 1 aliphatic carbocycles. The molecule has 5 heteroatoms. The van der Waals surface area contributed by atoms with Crippen molar-refractivity contribution < 1.29 is 9.26 Å². The highest BCUT2D eigenvalue weighted by Gasteiger charge is 2.39. The third-order valence-corrected chi connectivity index (χ3v) is 4.39. The number of hydrogen-bond donors (Lipinski definition) is 1. The van der Waals surface area contributed by atoms with Crippen molar-refractivity contribution in [2.24, 2.45) is 5.73 Å². The van der Waals surface area contributed by atoms with Gasteiger partial charge in [-0.15, -0.1) is 0 Å². The van der Waals surface area contributed by atoms with Crippen LogP contribution in [0.5, 0.6) is 5.75 Å². The number of nitrogens with two attached hydrogens (primary N) is 1. The van der Waals surface area contributed by atoms with Gasteiger partial charge in [0.25, 0.3) is 0 Å². The van der Waals surface area contributed by atoms with Crippen molar-refractivity contribution in [1.29, 1.82) is 0 Å². The molecule has 21 heavy (non-hydrogen) atoms. The van der Waals surface area contributed by atoms with Crippen LogP contribution in [0.25, 0.3) is 0 Å². The van der Waals surface area contributed by atoms with E-state index in [2.05, 4.69) is 10.1 Å². The summed E-state index contributed by atoms with van der Waals surface area (Å²) < 4.78 is 10.6. The van der Waals surface area contributed by atoms with E-state index in [1.807, 2.05) is 24.3 Å². The van der Waals surface area contributed by atoms with Crippen LogP contribution in [-0.4, -0.2) is 23.8 Å². The normalized spacial score (nSPS) is 17.0. The summed E-state index contributed by atoms with van der Waals surface area (Å²) in [5, 5.41) is 4.12. The number of methoxy groups -OCH3 is 1. The summed E-state index contributed by atoms with van der Waals surface area (Å²) in [6, 6.07) is 7.91. The second kappa shape index (κ2) is 5.85. The largest absolute Gasteiger partial charge is 0.497 e. The first-order valence-electron chi connectivity index (χ1n) is 7.42. The number of nitrogens with zero attached hydrogens (tertiary/aromatic N) is 2. The van der Waals surface area contributed by atoms with Crippen molar-refractivity contribution in [3.05, 3.63) is 41.5 Å². The van der Waals surface area contributed by atoms with Crippen LogP contribution in [0.2, 0.25) is 0 Å². The van der Waals surface area contributed by atoms with Gasteiger partial charge in [0.1, 0.15) is 5.75 Å². The molecule has 0 atom stereocenters. The number of rotatable bonds is 5. The molecule has 3 rings (SSSR count). The molecule has 1 heterocycles. The van der Waals surface area contributed by atoms with Crippen LogP contribution in [0.15, 0.2) is 28.8 Å². The SMILES string of the molecule is COc1ccc(Cc2noc(C3(CN)CCCC3)n2)cc1. The summed E-state index contributed by atoms with van der Waals surface area (Å²) in [6.07, 6.45) is 5.14. The monoisotopic (exact) mass is 287 g/mol. The van der Waals surface area contributed by atoms with Crippen molar-refractivity contribution in [1.82, 2.24) is 10.1 Å². The smallest absolute Gasteiger partial charge is 0.234 e. The van der Waals surface area contributed by atoms with Crippen LogP contribution < -0.4 is 10.5 Å². The average molecular weight is 287 g/mol. The predicted molar refractivity (Wildman–Crippen MR) is 79.3 cm³/mol. The summed E-state index contributed by atoms with van der Waals surface area (Å²) in [4.78, 5) is 4.58. The molecule has 1 aromatic carbocycles. The van der Waals surface area contributed by atoms with Gasteiger partial charge in [-0.05, 0) is 30.5 Å². The fourth-order valence-electron chi connectivity index (χ4n) is 3.02. The van der Waals surface area contributed by atoms with Crippen molar-refractivity contribution in [3.63, 3.8) is 0 Å². The zero-order valence-corrected chi connectivity index (χ0v) is 12.3. The quantitative estimate of drug-likeness (QED) is 0.914. The maximum atomic E-state index is 5.95. The molecule has 1 fully saturated rings. The molecule has 0 bridgehead atoms. The molecule has 1 aromatic heterocycles. The fourth-order valence-corrected chi connectivity index (χ4v) is 3.02. The van der Waals surface area contributed by atoms with Gasteiger partial charge < -0.3 is 15.0 Å². The first-order valence-corrected chi connectivity index (χ1v) is 7.42. The van der Waals surface area contributed by atoms with Gasteiger partial charge in [-0.1, -0.05) is 30.1 Å². The molecule has 0 aliphatic heterocycles. The Labute approximate surface area is 124 Å². The van der Waals surface area contributed by atoms with Gasteiger partial charge in [-0.3, -0.25) is 0 Å². The molecule has 1 aliphatic rings. The number of ether oxygens (including phenoxy) is 1. The Morgan fingerprint density at radius 2 is 1.95 bits per heavy atom. The summed E-state index contributed by atoms with van der Waals surface area (Å²) in [6.45, 7) is 0.581. The molecule has 2 N–H and O–H groups in total. The van der Waals surface area contributed by atoms with Crippen LogP contribution >= 0.6 is 0 Å². The number of benzene rings is 1. The fraction of sp³-hybridized carbons (Fsp3) is 0.500. The van der Waals surface area contributed by atoms with E-state index < -0.39 is 0 Å². The van der Waals surface area contributed by atoms with Gasteiger partial charge in [0.2, 0.25) is 5.89 Å². The van der Waals surface area contributed by atoms with E-state index in [0.717, 1.165) is 30.0 Å². The molecule has 0 unspecified atom stereocenters. The van der Waals surface area contributed by atoms with E-state index in [1.54, 1.807) is 7.11 Å². The Morgan fingerprint density at radius 3 is 2.57 bits per heavy atom. The first kappa shape index (κ1) is 14.1. The minimum Gasteiger partial charge on any atom is -0.497 e. The molecular formula is C16H21N3O2. The second-order valence-electron chi connectivity index (χ2n) is 5.73. The molecule has 2 aromatic rings. The third-order valence-electron chi connectivity index (χ3n) is 4.39. The predicted octanol–water partition coefficient (Wildman–Crippen LogP) is 2.44. The summed E-state index contributed by atoms with van der Waals surface area (Å²) >= 11 is 0. The van der Waals surface area contributed by atoms with Crippen molar-refractivity contribution in [2.75, 3.05) is 13.7 Å². The highest BCUT2D eigenvalue weighted by atomic mass is 16.5. The molecule has 0 saturated heterocycles. The first-order chi connectivity index (χ1) is 10.3. The molecule has 112 valence electrons. The van der Waals surface area contributed by atoms with Crippen LogP contribution in [-0.2, 0) is 11.8 Å². The Balaban J connectivity index is 1.75. The van der Waals surface area contributed by atoms with E-state index in [0.29, 0.717) is 18.9 Å². The summed E-state index contributed by atoms with van der Waals surface area (Å²) in [5.41, 5.74) is 7.00. The van der Waals surface area contributed by atoms with Gasteiger partial charge in [0, 0.05) is 13.0 Å². The van der Waals surface area contributed by atoms with Crippen LogP contribution in [0.1, 0.15) is 43.0 Å². The lowest BCUT2D eigenvalue weighted by Crippen LogP contribution is -2.32. The lowest BCUT2D eigenvalue weighted by atomic mass is 9.86. The zero-order chi connectivity index (χ0) is 14.7. The van der Waals surface area contributed by atoms with E-state index >= 15 is 0 Å². The summed E-state index contributed by atoms with van der Waals surface area (Å²) in [7, 11) is 1.66. The minimum atomic E-state index is -0.0921. The van der Waals surface area contributed by atoms with E-state index in [4.69, 9.17) is 15.0 Å². The maximum absolute atomic E-state index is 5.95. The molecule has 0 spiro atoms. The van der Waals surface area contributed by atoms with Crippen LogP contribution in [0.3, 0.4) is 0 Å². The highest BCUT2D eigenvalue weighted by Crippen LogP contribution is 2.39. The molecule has 5 nitrogen and oxygen atoms in total. The van der Waals surface area contributed by atoms with E-state index in [-0.39, 0.29) is 5.41 Å². The zero-order valence-electron chi connectivity index (χ0n) is 12.3. The third kappa shape index (κ3) is 2.78. The Kier molecular flexibility index (Phi) is 3.92. The van der Waals surface area contributed by atoms with Gasteiger partial charge >= 0.3 is 0 Å². The van der Waals surface area contributed by atoms with Gasteiger partial charge in [-0.25, -0.2) is 0 Å². The minimum absolute atomic E-state index is 0.0921. The number of aromatic nitrogens is 2. The average Bonchev–Trinajstić information content (AvgIpc) is 3.17. The maximum Gasteiger partial charge on any atom is 0.234 e. The van der Waals surface area contributed by atoms with Crippen molar-refractivity contribution in [2.45, 2.75) is 37.5 Å². The highest BCUT2D eigenvalue weighted by molar-refractivity contribution is 5.28.